The smallest absolute Gasteiger partial charge is 0.269 e. The van der Waals surface area contributed by atoms with Crippen LogP contribution >= 0.6 is 0 Å². The molecule has 1 saturated heterocycles. The fourth-order valence-corrected chi connectivity index (χ4v) is 3.26. The second kappa shape index (κ2) is 6.16. The first kappa shape index (κ1) is 15.7. The van der Waals surface area contributed by atoms with E-state index in [-0.39, 0.29) is 11.7 Å². The second-order valence-electron chi connectivity index (χ2n) is 6.58. The molecule has 0 bridgehead atoms. The Bertz CT molecular complexity index is 758. The van der Waals surface area contributed by atoms with E-state index >= 15 is 0 Å². The summed E-state index contributed by atoms with van der Waals surface area (Å²) in [6.07, 6.45) is 1.11. The van der Waals surface area contributed by atoms with Crippen molar-refractivity contribution in [3.05, 3.63) is 35.0 Å². The molecule has 122 valence electrons. The third-order valence-electron chi connectivity index (χ3n) is 4.62. The van der Waals surface area contributed by atoms with Gasteiger partial charge in [-0.25, -0.2) is 4.98 Å². The van der Waals surface area contributed by atoms with Crippen LogP contribution in [0.1, 0.15) is 28.0 Å². The van der Waals surface area contributed by atoms with E-state index in [1.165, 1.54) is 0 Å². The lowest BCUT2D eigenvalue weighted by molar-refractivity contribution is 0.0943. The molecule has 0 saturated carbocycles. The van der Waals surface area contributed by atoms with Crippen LogP contribution in [0.15, 0.2) is 18.2 Å². The van der Waals surface area contributed by atoms with Gasteiger partial charge in [0, 0.05) is 18.5 Å². The maximum atomic E-state index is 12.3. The number of fused-ring (bicyclic) bond motifs is 1. The Morgan fingerprint density at radius 2 is 2.17 bits per heavy atom. The number of pyridine rings is 1. The van der Waals surface area contributed by atoms with Crippen molar-refractivity contribution >= 4 is 16.8 Å². The molecule has 23 heavy (non-hydrogen) atoms. The van der Waals surface area contributed by atoms with Crippen LogP contribution in [0.4, 0.5) is 0 Å². The number of hydrogen-bond acceptors (Lipinski definition) is 4. The molecular formula is C18H23N3O2. The molecule has 0 aliphatic carbocycles. The number of carbonyl (C=O) groups is 1. The van der Waals surface area contributed by atoms with Crippen LogP contribution in [0.2, 0.25) is 0 Å². The molecule has 0 spiro atoms. The molecule has 2 heterocycles. The Morgan fingerprint density at radius 3 is 2.87 bits per heavy atom. The van der Waals surface area contributed by atoms with Gasteiger partial charge in [0.2, 0.25) is 0 Å². The highest BCUT2D eigenvalue weighted by Crippen LogP contribution is 2.29. The van der Waals surface area contributed by atoms with Gasteiger partial charge in [0.25, 0.3) is 5.91 Å². The number of phenolic OH excluding ortho intramolecular Hbond substituents is 1. The zero-order chi connectivity index (χ0) is 16.6. The number of aromatic nitrogens is 1. The maximum Gasteiger partial charge on any atom is 0.269 e. The summed E-state index contributed by atoms with van der Waals surface area (Å²) in [5.41, 5.74) is 2.66. The molecule has 1 aliphatic rings. The van der Waals surface area contributed by atoms with Gasteiger partial charge in [-0.2, -0.15) is 0 Å². The molecule has 1 aromatic carbocycles. The Balaban J connectivity index is 1.79. The zero-order valence-electron chi connectivity index (χ0n) is 13.9. The van der Waals surface area contributed by atoms with Gasteiger partial charge >= 0.3 is 0 Å². The standard InChI is InChI=1S/C18H23N3O2/c1-11-8-12(2)17(22)16-14(11)4-5-15(20-16)18(23)19-9-13-6-7-21(3)10-13/h4-5,8,13,22H,6-7,9-10H2,1-3H3,(H,19,23). The van der Waals surface area contributed by atoms with E-state index in [1.807, 2.05) is 26.0 Å². The summed E-state index contributed by atoms with van der Waals surface area (Å²) in [5, 5.41) is 14.1. The predicted molar refractivity (Wildman–Crippen MR) is 90.8 cm³/mol. The Labute approximate surface area is 136 Å². The maximum absolute atomic E-state index is 12.3. The number of amides is 1. The van der Waals surface area contributed by atoms with Crippen LogP contribution < -0.4 is 5.32 Å². The topological polar surface area (TPSA) is 65.5 Å². The first-order chi connectivity index (χ1) is 11.0. The molecule has 1 atom stereocenters. The fourth-order valence-electron chi connectivity index (χ4n) is 3.26. The molecular weight excluding hydrogens is 290 g/mol. The Morgan fingerprint density at radius 1 is 1.39 bits per heavy atom. The van der Waals surface area contributed by atoms with Crippen LogP contribution in [0.25, 0.3) is 10.9 Å². The first-order valence-corrected chi connectivity index (χ1v) is 8.02. The zero-order valence-corrected chi connectivity index (χ0v) is 13.9. The molecule has 1 amide bonds. The Hall–Kier alpha value is -2.14. The van der Waals surface area contributed by atoms with Crippen LogP contribution in [0.3, 0.4) is 0 Å². The fraction of sp³-hybridized carbons (Fsp3) is 0.444. The highest BCUT2D eigenvalue weighted by molar-refractivity contribution is 5.97. The number of carbonyl (C=O) groups excluding carboxylic acids is 1. The molecule has 1 fully saturated rings. The van der Waals surface area contributed by atoms with E-state index in [0.29, 0.717) is 23.7 Å². The lowest BCUT2D eigenvalue weighted by Gasteiger charge is -2.12. The summed E-state index contributed by atoms with van der Waals surface area (Å²) >= 11 is 0. The van der Waals surface area contributed by atoms with Crippen molar-refractivity contribution in [2.24, 2.45) is 5.92 Å². The second-order valence-corrected chi connectivity index (χ2v) is 6.58. The van der Waals surface area contributed by atoms with Crippen LogP contribution in [-0.2, 0) is 0 Å². The van der Waals surface area contributed by atoms with E-state index in [9.17, 15) is 9.90 Å². The molecule has 1 aromatic heterocycles. The van der Waals surface area contributed by atoms with Crippen LogP contribution in [0.5, 0.6) is 5.75 Å². The number of benzene rings is 1. The monoisotopic (exact) mass is 313 g/mol. The first-order valence-electron chi connectivity index (χ1n) is 8.02. The average Bonchev–Trinajstić information content (AvgIpc) is 2.95. The van der Waals surface area contributed by atoms with Gasteiger partial charge < -0.3 is 15.3 Å². The summed E-state index contributed by atoms with van der Waals surface area (Å²) < 4.78 is 0. The number of nitrogens with one attached hydrogen (secondary N) is 1. The van der Waals surface area contributed by atoms with Crippen molar-refractivity contribution in [3.63, 3.8) is 0 Å². The van der Waals surface area contributed by atoms with Gasteiger partial charge in [-0.05, 0) is 57.0 Å². The SMILES string of the molecule is Cc1cc(C)c2ccc(C(=O)NCC3CCN(C)C3)nc2c1O. The molecule has 5 heteroatoms. The number of rotatable bonds is 3. The minimum atomic E-state index is -0.181. The van der Waals surface area contributed by atoms with Crippen LogP contribution in [0, 0.1) is 19.8 Å². The molecule has 2 N–H and O–H groups in total. The van der Waals surface area contributed by atoms with E-state index < -0.39 is 0 Å². The average molecular weight is 313 g/mol. The summed E-state index contributed by atoms with van der Waals surface area (Å²) in [5.74, 6) is 0.472. The van der Waals surface area contributed by atoms with Crippen molar-refractivity contribution in [1.29, 1.82) is 0 Å². The quantitative estimate of drug-likeness (QED) is 0.912. The predicted octanol–water partition coefficient (Wildman–Crippen LogP) is 2.24. The van der Waals surface area contributed by atoms with Gasteiger partial charge in [-0.15, -0.1) is 0 Å². The molecule has 1 unspecified atom stereocenters. The van der Waals surface area contributed by atoms with Crippen LogP contribution in [-0.4, -0.2) is 47.6 Å². The largest absolute Gasteiger partial charge is 0.505 e. The van der Waals surface area contributed by atoms with Gasteiger partial charge in [0.05, 0.1) is 0 Å². The number of aromatic hydroxyl groups is 1. The number of likely N-dealkylation sites (tertiary alicyclic amines) is 1. The summed E-state index contributed by atoms with van der Waals surface area (Å²) in [6.45, 7) is 6.59. The third kappa shape index (κ3) is 3.15. The highest BCUT2D eigenvalue weighted by Gasteiger charge is 2.20. The van der Waals surface area contributed by atoms with Gasteiger partial charge in [0.15, 0.2) is 0 Å². The van der Waals surface area contributed by atoms with Gasteiger partial charge in [-0.3, -0.25) is 4.79 Å². The molecule has 3 rings (SSSR count). The van der Waals surface area contributed by atoms with E-state index in [4.69, 9.17) is 0 Å². The molecule has 1 aliphatic heterocycles. The minimum Gasteiger partial charge on any atom is -0.505 e. The van der Waals surface area contributed by atoms with Crippen molar-refractivity contribution in [2.75, 3.05) is 26.7 Å². The van der Waals surface area contributed by atoms with Crippen molar-refractivity contribution in [2.45, 2.75) is 20.3 Å². The molecule has 2 aromatic rings. The summed E-state index contributed by atoms with van der Waals surface area (Å²) in [7, 11) is 2.10. The van der Waals surface area contributed by atoms with Crippen molar-refractivity contribution in [1.82, 2.24) is 15.2 Å². The number of phenols is 1. The number of hydrogen-bond donors (Lipinski definition) is 2. The molecule has 5 nitrogen and oxygen atoms in total. The summed E-state index contributed by atoms with van der Waals surface area (Å²) in [4.78, 5) is 19.0. The van der Waals surface area contributed by atoms with Gasteiger partial charge in [0.1, 0.15) is 17.0 Å². The van der Waals surface area contributed by atoms with E-state index in [1.54, 1.807) is 6.07 Å². The Kier molecular flexibility index (Phi) is 4.22. The highest BCUT2D eigenvalue weighted by atomic mass is 16.3. The number of nitrogens with zero attached hydrogens (tertiary/aromatic N) is 2. The van der Waals surface area contributed by atoms with Crippen molar-refractivity contribution < 1.29 is 9.90 Å². The summed E-state index contributed by atoms with van der Waals surface area (Å²) in [6, 6.07) is 5.50. The molecule has 0 radical (unpaired) electrons. The van der Waals surface area contributed by atoms with E-state index in [0.717, 1.165) is 36.0 Å². The lowest BCUT2D eigenvalue weighted by atomic mass is 10.0. The minimum absolute atomic E-state index is 0.151. The van der Waals surface area contributed by atoms with Gasteiger partial charge in [-0.1, -0.05) is 12.1 Å². The van der Waals surface area contributed by atoms with E-state index in [2.05, 4.69) is 22.2 Å². The van der Waals surface area contributed by atoms with Crippen molar-refractivity contribution in [3.8, 4) is 5.75 Å². The number of aryl methyl sites for hydroxylation is 2. The normalized spacial score (nSPS) is 18.5. The third-order valence-corrected chi connectivity index (χ3v) is 4.62. The lowest BCUT2D eigenvalue weighted by Crippen LogP contribution is -2.31.